The monoisotopic (exact) mass is 399 g/mol. The van der Waals surface area contributed by atoms with Crippen molar-refractivity contribution in [2.45, 2.75) is 19.4 Å². The molecular weight excluding hydrogens is 374 g/mol. The van der Waals surface area contributed by atoms with Crippen molar-refractivity contribution >= 4 is 18.2 Å². The van der Waals surface area contributed by atoms with Crippen LogP contribution in [0.2, 0.25) is 0 Å². The summed E-state index contributed by atoms with van der Waals surface area (Å²) in [6.07, 6.45) is 0.879. The number of ether oxygens (including phenoxy) is 3. The lowest BCUT2D eigenvalue weighted by Gasteiger charge is -2.18. The summed E-state index contributed by atoms with van der Waals surface area (Å²) in [6, 6.07) is 14.0. The zero-order chi connectivity index (χ0) is 21.1. The molecular formula is C21H25N3O5. The Bertz CT molecular complexity index is 839. The standard InChI is InChI=1S/C21H25N3O5/c1-4-29-21(26)23-17(15-9-6-5-7-10-15)13-19(25)24-22-14-16-11-8-12-18(27-2)20(16)28-3/h5-12,14,17H,4,13H2,1-3H3,(H,23,26)(H,24,25)/b22-14-/t17-/m1/s1. The summed E-state index contributed by atoms with van der Waals surface area (Å²) in [5.74, 6) is 0.707. The van der Waals surface area contributed by atoms with Crippen LogP contribution >= 0.6 is 0 Å². The van der Waals surface area contributed by atoms with Gasteiger partial charge in [0.1, 0.15) is 0 Å². The maximum absolute atomic E-state index is 12.4. The Morgan fingerprint density at radius 3 is 2.48 bits per heavy atom. The highest BCUT2D eigenvalue weighted by atomic mass is 16.5. The molecule has 154 valence electrons. The number of alkyl carbamates (subject to hydrolysis) is 1. The molecule has 0 aliphatic rings. The first kappa shape index (κ1) is 21.7. The molecule has 29 heavy (non-hydrogen) atoms. The lowest BCUT2D eigenvalue weighted by Crippen LogP contribution is -2.33. The molecule has 0 unspecified atom stereocenters. The Labute approximate surface area is 169 Å². The zero-order valence-electron chi connectivity index (χ0n) is 16.7. The van der Waals surface area contributed by atoms with Gasteiger partial charge in [0.25, 0.3) is 0 Å². The van der Waals surface area contributed by atoms with Gasteiger partial charge in [-0.05, 0) is 24.6 Å². The number of hydrogen-bond acceptors (Lipinski definition) is 6. The van der Waals surface area contributed by atoms with E-state index in [9.17, 15) is 9.59 Å². The van der Waals surface area contributed by atoms with Gasteiger partial charge >= 0.3 is 6.09 Å². The summed E-state index contributed by atoms with van der Waals surface area (Å²) < 4.78 is 15.5. The normalized spacial score (nSPS) is 11.6. The quantitative estimate of drug-likeness (QED) is 0.499. The average Bonchev–Trinajstić information content (AvgIpc) is 2.73. The van der Waals surface area contributed by atoms with Gasteiger partial charge in [0.2, 0.25) is 5.91 Å². The van der Waals surface area contributed by atoms with Crippen molar-refractivity contribution in [2.75, 3.05) is 20.8 Å². The van der Waals surface area contributed by atoms with Gasteiger partial charge in [0.05, 0.1) is 39.5 Å². The topological polar surface area (TPSA) is 98.2 Å². The van der Waals surface area contributed by atoms with Gasteiger partial charge in [-0.3, -0.25) is 4.79 Å². The van der Waals surface area contributed by atoms with E-state index >= 15 is 0 Å². The van der Waals surface area contributed by atoms with Crippen LogP contribution < -0.4 is 20.2 Å². The molecule has 0 aliphatic heterocycles. The smallest absolute Gasteiger partial charge is 0.407 e. The van der Waals surface area contributed by atoms with Crippen LogP contribution in [0, 0.1) is 0 Å². The second kappa shape index (κ2) is 11.3. The number of methoxy groups -OCH3 is 2. The Morgan fingerprint density at radius 1 is 1.07 bits per heavy atom. The van der Waals surface area contributed by atoms with Crippen LogP contribution in [0.15, 0.2) is 53.6 Å². The molecule has 0 fully saturated rings. The van der Waals surface area contributed by atoms with E-state index in [1.54, 1.807) is 32.2 Å². The van der Waals surface area contributed by atoms with Crippen LogP contribution in [-0.4, -0.2) is 39.0 Å². The number of nitrogens with zero attached hydrogens (tertiary/aromatic N) is 1. The highest BCUT2D eigenvalue weighted by molar-refractivity contribution is 5.86. The van der Waals surface area contributed by atoms with Crippen LogP contribution in [0.5, 0.6) is 11.5 Å². The molecule has 2 rings (SSSR count). The fourth-order valence-corrected chi connectivity index (χ4v) is 2.67. The van der Waals surface area contributed by atoms with Crippen LogP contribution in [0.3, 0.4) is 0 Å². The average molecular weight is 399 g/mol. The summed E-state index contributed by atoms with van der Waals surface area (Å²) in [6.45, 7) is 1.96. The molecule has 0 heterocycles. The van der Waals surface area contributed by atoms with Gasteiger partial charge in [-0.25, -0.2) is 10.2 Å². The Balaban J connectivity index is 2.05. The van der Waals surface area contributed by atoms with E-state index in [0.29, 0.717) is 17.1 Å². The molecule has 2 N–H and O–H groups in total. The zero-order valence-corrected chi connectivity index (χ0v) is 16.7. The van der Waals surface area contributed by atoms with Gasteiger partial charge in [0, 0.05) is 5.56 Å². The van der Waals surface area contributed by atoms with Gasteiger partial charge in [-0.1, -0.05) is 36.4 Å². The number of hydrogen-bond donors (Lipinski definition) is 2. The van der Waals surface area contributed by atoms with Crippen molar-refractivity contribution in [1.29, 1.82) is 0 Å². The Kier molecular flexibility index (Phi) is 8.50. The van der Waals surface area contributed by atoms with E-state index in [1.807, 2.05) is 30.3 Å². The fourth-order valence-electron chi connectivity index (χ4n) is 2.67. The van der Waals surface area contributed by atoms with Gasteiger partial charge in [-0.2, -0.15) is 5.10 Å². The first-order valence-electron chi connectivity index (χ1n) is 9.10. The van der Waals surface area contributed by atoms with Crippen molar-refractivity contribution in [3.8, 4) is 11.5 Å². The third-order valence-electron chi connectivity index (χ3n) is 3.99. The van der Waals surface area contributed by atoms with Crippen LogP contribution in [-0.2, 0) is 9.53 Å². The summed E-state index contributed by atoms with van der Waals surface area (Å²) in [5, 5.41) is 6.68. The number of hydrazone groups is 1. The maximum Gasteiger partial charge on any atom is 0.407 e. The van der Waals surface area contributed by atoms with Crippen LogP contribution in [0.25, 0.3) is 0 Å². The van der Waals surface area contributed by atoms with E-state index < -0.39 is 12.1 Å². The number of nitrogens with one attached hydrogen (secondary N) is 2. The highest BCUT2D eigenvalue weighted by Gasteiger charge is 2.18. The number of carbonyl (C=O) groups is 2. The predicted octanol–water partition coefficient (Wildman–Crippen LogP) is 3.03. The first-order valence-corrected chi connectivity index (χ1v) is 9.10. The molecule has 0 aliphatic carbocycles. The van der Waals surface area contributed by atoms with Gasteiger partial charge in [-0.15, -0.1) is 0 Å². The fraction of sp³-hybridized carbons (Fsp3) is 0.286. The SMILES string of the molecule is CCOC(=O)N[C@H](CC(=O)N/N=C\c1cccc(OC)c1OC)c1ccccc1. The van der Waals surface area contributed by atoms with Crippen molar-refractivity contribution in [2.24, 2.45) is 5.10 Å². The van der Waals surface area contributed by atoms with E-state index in [1.165, 1.54) is 13.3 Å². The molecule has 0 radical (unpaired) electrons. The second-order valence-electron chi connectivity index (χ2n) is 5.91. The van der Waals surface area contributed by atoms with E-state index in [-0.39, 0.29) is 18.9 Å². The number of amides is 2. The molecule has 0 saturated carbocycles. The number of para-hydroxylation sites is 1. The van der Waals surface area contributed by atoms with Gasteiger partial charge < -0.3 is 19.5 Å². The molecule has 2 aromatic carbocycles. The summed E-state index contributed by atoms with van der Waals surface area (Å²) >= 11 is 0. The molecule has 8 heteroatoms. The molecule has 1 atom stereocenters. The van der Waals surface area contributed by atoms with Gasteiger partial charge in [0.15, 0.2) is 11.5 Å². The molecule has 0 spiro atoms. The maximum atomic E-state index is 12.4. The minimum Gasteiger partial charge on any atom is -0.493 e. The molecule has 2 aromatic rings. The van der Waals surface area contributed by atoms with E-state index in [0.717, 1.165) is 5.56 Å². The largest absolute Gasteiger partial charge is 0.493 e. The first-order chi connectivity index (χ1) is 14.1. The minimum atomic E-state index is -0.584. The van der Waals surface area contributed by atoms with Crippen LogP contribution in [0.4, 0.5) is 4.79 Å². The van der Waals surface area contributed by atoms with Crippen molar-refractivity contribution in [3.05, 3.63) is 59.7 Å². The lowest BCUT2D eigenvalue weighted by atomic mass is 10.0. The van der Waals surface area contributed by atoms with Crippen molar-refractivity contribution < 1.29 is 23.8 Å². The van der Waals surface area contributed by atoms with E-state index in [4.69, 9.17) is 14.2 Å². The lowest BCUT2D eigenvalue weighted by molar-refractivity contribution is -0.121. The Hall–Kier alpha value is -3.55. The Morgan fingerprint density at radius 2 is 1.83 bits per heavy atom. The minimum absolute atomic E-state index is 0.00455. The highest BCUT2D eigenvalue weighted by Crippen LogP contribution is 2.29. The van der Waals surface area contributed by atoms with Crippen LogP contribution in [0.1, 0.15) is 30.5 Å². The third kappa shape index (κ3) is 6.53. The number of benzene rings is 2. The van der Waals surface area contributed by atoms with Crippen molar-refractivity contribution in [1.82, 2.24) is 10.7 Å². The summed E-state index contributed by atoms with van der Waals surface area (Å²) in [7, 11) is 3.07. The molecule has 0 saturated heterocycles. The predicted molar refractivity (Wildman–Crippen MR) is 109 cm³/mol. The summed E-state index contributed by atoms with van der Waals surface area (Å²) in [4.78, 5) is 24.2. The molecule has 0 aromatic heterocycles. The van der Waals surface area contributed by atoms with Crippen molar-refractivity contribution in [3.63, 3.8) is 0 Å². The summed E-state index contributed by atoms with van der Waals surface area (Å²) in [5.41, 5.74) is 3.90. The van der Waals surface area contributed by atoms with E-state index in [2.05, 4.69) is 15.8 Å². The third-order valence-corrected chi connectivity index (χ3v) is 3.99. The number of carbonyl (C=O) groups excluding carboxylic acids is 2. The second-order valence-corrected chi connectivity index (χ2v) is 5.91. The number of rotatable bonds is 9. The molecule has 2 amide bonds. The molecule has 8 nitrogen and oxygen atoms in total. The molecule has 0 bridgehead atoms.